The zero-order valence-electron chi connectivity index (χ0n) is 12.3. The van der Waals surface area contributed by atoms with Crippen LogP contribution in [0.2, 0.25) is 0 Å². The molecule has 1 saturated heterocycles. The van der Waals surface area contributed by atoms with Gasteiger partial charge in [-0.3, -0.25) is 9.69 Å². The highest BCUT2D eigenvalue weighted by Crippen LogP contribution is 2.29. The van der Waals surface area contributed by atoms with Gasteiger partial charge in [-0.05, 0) is 12.8 Å². The minimum Gasteiger partial charge on any atom is -0.360 e. The van der Waals surface area contributed by atoms with Gasteiger partial charge in [0.2, 0.25) is 11.0 Å². The summed E-state index contributed by atoms with van der Waals surface area (Å²) in [6.45, 7) is 7.80. The topological polar surface area (TPSA) is 87.2 Å². The van der Waals surface area contributed by atoms with Crippen LogP contribution in [0.3, 0.4) is 0 Å². The van der Waals surface area contributed by atoms with Gasteiger partial charge in [0.1, 0.15) is 0 Å². The van der Waals surface area contributed by atoms with Crippen LogP contribution in [0.1, 0.15) is 20.8 Å². The largest absolute Gasteiger partial charge is 0.360 e. The number of imide groups is 1. The average molecular weight is 329 g/mol. The predicted molar refractivity (Wildman–Crippen MR) is 83.7 cm³/mol. The van der Waals surface area contributed by atoms with E-state index in [2.05, 4.69) is 34.7 Å². The van der Waals surface area contributed by atoms with Crippen molar-refractivity contribution in [3.63, 3.8) is 0 Å². The molecule has 1 fully saturated rings. The van der Waals surface area contributed by atoms with Crippen LogP contribution in [-0.4, -0.2) is 51.9 Å². The molecule has 21 heavy (non-hydrogen) atoms. The standard InChI is InChI=1S/C12H19N5O2S2/c1-7(2)6-14-10-15-16-12(21-10)20-8(3)9(18)17-5-4-13-11(17)19/h7-8H,4-6H2,1-3H3,(H,13,19)(H,14,15)/t8-/m1/s1. The molecule has 7 nitrogen and oxygen atoms in total. The van der Waals surface area contributed by atoms with Gasteiger partial charge in [0.15, 0.2) is 4.34 Å². The second-order valence-corrected chi connectivity index (χ2v) is 7.70. The Hall–Kier alpha value is -1.35. The molecule has 0 spiro atoms. The van der Waals surface area contributed by atoms with Crippen molar-refractivity contribution in [2.24, 2.45) is 5.92 Å². The van der Waals surface area contributed by atoms with Crippen LogP contribution in [0.15, 0.2) is 4.34 Å². The lowest BCUT2D eigenvalue weighted by molar-refractivity contribution is -0.126. The summed E-state index contributed by atoms with van der Waals surface area (Å²) in [7, 11) is 0. The molecule has 0 unspecified atom stereocenters. The number of anilines is 1. The Balaban J connectivity index is 1.88. The first-order chi connectivity index (χ1) is 9.97. The normalized spacial score (nSPS) is 16.2. The Bertz CT molecular complexity index is 520. The first-order valence-corrected chi connectivity index (χ1v) is 8.50. The molecule has 1 aliphatic heterocycles. The molecule has 0 radical (unpaired) electrons. The number of nitrogens with one attached hydrogen (secondary N) is 2. The second kappa shape index (κ2) is 7.08. The van der Waals surface area contributed by atoms with Crippen molar-refractivity contribution < 1.29 is 9.59 Å². The molecule has 2 heterocycles. The maximum atomic E-state index is 12.2. The van der Waals surface area contributed by atoms with E-state index in [4.69, 9.17) is 0 Å². The maximum Gasteiger partial charge on any atom is 0.324 e. The smallest absolute Gasteiger partial charge is 0.324 e. The van der Waals surface area contributed by atoms with Gasteiger partial charge in [-0.25, -0.2) is 4.79 Å². The molecular formula is C12H19N5O2S2. The van der Waals surface area contributed by atoms with Crippen molar-refractivity contribution >= 4 is 40.2 Å². The molecule has 0 aliphatic carbocycles. The van der Waals surface area contributed by atoms with E-state index in [0.717, 1.165) is 16.0 Å². The highest BCUT2D eigenvalue weighted by molar-refractivity contribution is 8.02. The summed E-state index contributed by atoms with van der Waals surface area (Å²) < 4.78 is 0.724. The van der Waals surface area contributed by atoms with E-state index < -0.39 is 0 Å². The Morgan fingerprint density at radius 2 is 2.24 bits per heavy atom. The van der Waals surface area contributed by atoms with Crippen molar-refractivity contribution in [3.05, 3.63) is 0 Å². The summed E-state index contributed by atoms with van der Waals surface area (Å²) in [6, 6.07) is -0.316. The number of aromatic nitrogens is 2. The summed E-state index contributed by atoms with van der Waals surface area (Å²) in [5.41, 5.74) is 0. The SMILES string of the molecule is CC(C)CNc1nnc(S[C@H](C)C(=O)N2CCNC2=O)s1. The summed E-state index contributed by atoms with van der Waals surface area (Å²) in [5, 5.41) is 14.3. The van der Waals surface area contributed by atoms with Crippen LogP contribution < -0.4 is 10.6 Å². The molecule has 9 heteroatoms. The zero-order valence-corrected chi connectivity index (χ0v) is 13.9. The monoisotopic (exact) mass is 329 g/mol. The van der Waals surface area contributed by atoms with Crippen molar-refractivity contribution in [2.75, 3.05) is 25.0 Å². The molecule has 3 amide bonds. The van der Waals surface area contributed by atoms with Crippen LogP contribution in [-0.2, 0) is 4.79 Å². The lowest BCUT2D eigenvalue weighted by atomic mass is 10.2. The highest BCUT2D eigenvalue weighted by Gasteiger charge is 2.30. The van der Waals surface area contributed by atoms with Crippen LogP contribution in [0.5, 0.6) is 0 Å². The van der Waals surface area contributed by atoms with Gasteiger partial charge in [-0.2, -0.15) is 0 Å². The molecule has 0 aromatic carbocycles. The van der Waals surface area contributed by atoms with Gasteiger partial charge in [-0.15, -0.1) is 10.2 Å². The van der Waals surface area contributed by atoms with E-state index in [1.807, 2.05) is 0 Å². The van der Waals surface area contributed by atoms with E-state index in [1.165, 1.54) is 28.0 Å². The summed E-state index contributed by atoms with van der Waals surface area (Å²) in [4.78, 5) is 24.9. The van der Waals surface area contributed by atoms with E-state index >= 15 is 0 Å². The lowest BCUT2D eigenvalue weighted by Crippen LogP contribution is -2.38. The number of carbonyl (C=O) groups is 2. The van der Waals surface area contributed by atoms with E-state index in [9.17, 15) is 9.59 Å². The number of hydrogen-bond donors (Lipinski definition) is 2. The van der Waals surface area contributed by atoms with Crippen LogP contribution in [0, 0.1) is 5.92 Å². The molecule has 1 aromatic heterocycles. The number of carbonyl (C=O) groups excluding carboxylic acids is 2. The fraction of sp³-hybridized carbons (Fsp3) is 0.667. The number of urea groups is 1. The molecule has 0 saturated carbocycles. The van der Waals surface area contributed by atoms with Crippen molar-refractivity contribution in [2.45, 2.75) is 30.4 Å². The van der Waals surface area contributed by atoms with Gasteiger partial charge < -0.3 is 10.6 Å². The van der Waals surface area contributed by atoms with Crippen molar-refractivity contribution in [1.82, 2.24) is 20.4 Å². The van der Waals surface area contributed by atoms with Gasteiger partial charge in [0.25, 0.3) is 0 Å². The first kappa shape index (κ1) is 16.0. The number of rotatable bonds is 6. The number of hydrogen-bond acceptors (Lipinski definition) is 7. The second-order valence-electron chi connectivity index (χ2n) is 5.13. The summed E-state index contributed by atoms with van der Waals surface area (Å²) in [6.07, 6.45) is 0. The van der Waals surface area contributed by atoms with Gasteiger partial charge in [0, 0.05) is 19.6 Å². The third-order valence-corrected chi connectivity index (χ3v) is 4.87. The Labute approximate surface area is 131 Å². The number of thioether (sulfide) groups is 1. The molecule has 1 aliphatic rings. The van der Waals surface area contributed by atoms with Crippen molar-refractivity contribution in [1.29, 1.82) is 0 Å². The molecule has 2 N–H and O–H groups in total. The molecule has 1 atom stereocenters. The lowest BCUT2D eigenvalue weighted by Gasteiger charge is -2.16. The van der Waals surface area contributed by atoms with Gasteiger partial charge in [0.05, 0.1) is 5.25 Å². The van der Waals surface area contributed by atoms with Crippen molar-refractivity contribution in [3.8, 4) is 0 Å². The molecule has 2 rings (SSSR count). The number of nitrogens with zero attached hydrogens (tertiary/aromatic N) is 3. The fourth-order valence-corrected chi connectivity index (χ4v) is 3.69. The quantitative estimate of drug-likeness (QED) is 0.772. The Kier molecular flexibility index (Phi) is 5.40. The average Bonchev–Trinajstić information content (AvgIpc) is 3.04. The zero-order chi connectivity index (χ0) is 15.4. The first-order valence-electron chi connectivity index (χ1n) is 6.80. The Morgan fingerprint density at radius 1 is 1.48 bits per heavy atom. The van der Waals surface area contributed by atoms with Crippen LogP contribution in [0.25, 0.3) is 0 Å². The molecule has 1 aromatic rings. The van der Waals surface area contributed by atoms with E-state index in [0.29, 0.717) is 19.0 Å². The predicted octanol–water partition coefficient (Wildman–Crippen LogP) is 1.64. The molecular weight excluding hydrogens is 310 g/mol. The molecule has 116 valence electrons. The summed E-state index contributed by atoms with van der Waals surface area (Å²) >= 11 is 2.75. The van der Waals surface area contributed by atoms with Crippen LogP contribution >= 0.6 is 23.1 Å². The third-order valence-electron chi connectivity index (χ3n) is 2.82. The minimum absolute atomic E-state index is 0.193. The van der Waals surface area contributed by atoms with Crippen LogP contribution in [0.4, 0.5) is 9.93 Å². The van der Waals surface area contributed by atoms with E-state index in [1.54, 1.807) is 6.92 Å². The van der Waals surface area contributed by atoms with Gasteiger partial charge >= 0.3 is 6.03 Å². The van der Waals surface area contributed by atoms with E-state index in [-0.39, 0.29) is 17.2 Å². The highest BCUT2D eigenvalue weighted by atomic mass is 32.2. The Morgan fingerprint density at radius 3 is 2.86 bits per heavy atom. The van der Waals surface area contributed by atoms with Gasteiger partial charge in [-0.1, -0.05) is 36.9 Å². The third kappa shape index (κ3) is 4.31. The molecule has 0 bridgehead atoms. The fourth-order valence-electron chi connectivity index (χ4n) is 1.72. The number of amides is 3. The maximum absolute atomic E-state index is 12.2. The minimum atomic E-state index is -0.361. The summed E-state index contributed by atoms with van der Waals surface area (Å²) in [5.74, 6) is 0.334.